The van der Waals surface area contributed by atoms with Gasteiger partial charge in [0.2, 0.25) is 5.91 Å². The third-order valence-electron chi connectivity index (χ3n) is 5.55. The van der Waals surface area contributed by atoms with E-state index in [4.69, 9.17) is 4.74 Å². The number of fused-ring (bicyclic) bond motifs is 2. The molecule has 2 aliphatic rings. The number of nitrogens with one attached hydrogen (secondary N) is 1. The average Bonchev–Trinajstić information content (AvgIpc) is 3.00. The molecule has 0 atom stereocenters. The number of benzene rings is 2. The van der Waals surface area contributed by atoms with E-state index in [0.29, 0.717) is 16.8 Å². The molecule has 0 bridgehead atoms. The van der Waals surface area contributed by atoms with Crippen LogP contribution in [0.4, 0.5) is 13.2 Å². The molecule has 0 saturated carbocycles. The fourth-order valence-electron chi connectivity index (χ4n) is 4.02. The molecule has 5 nitrogen and oxygen atoms in total. The van der Waals surface area contributed by atoms with Crippen LogP contribution in [-0.2, 0) is 17.5 Å². The van der Waals surface area contributed by atoms with Gasteiger partial charge in [-0.3, -0.25) is 9.59 Å². The van der Waals surface area contributed by atoms with Gasteiger partial charge in [-0.15, -0.1) is 0 Å². The molecule has 31 heavy (non-hydrogen) atoms. The van der Waals surface area contributed by atoms with Crippen molar-refractivity contribution in [2.24, 2.45) is 0 Å². The van der Waals surface area contributed by atoms with Gasteiger partial charge in [-0.2, -0.15) is 13.2 Å². The van der Waals surface area contributed by atoms with Crippen LogP contribution >= 0.6 is 0 Å². The summed E-state index contributed by atoms with van der Waals surface area (Å²) in [5.74, 6) is -0.344. The van der Waals surface area contributed by atoms with Crippen molar-refractivity contribution in [2.45, 2.75) is 39.1 Å². The third kappa shape index (κ3) is 3.66. The maximum absolute atomic E-state index is 13.5. The van der Waals surface area contributed by atoms with Crippen LogP contribution in [-0.4, -0.2) is 28.9 Å². The summed E-state index contributed by atoms with van der Waals surface area (Å²) in [5.41, 5.74) is 0.539. The van der Waals surface area contributed by atoms with Gasteiger partial charge in [0.15, 0.2) is 0 Å². The highest BCUT2D eigenvalue weighted by molar-refractivity contribution is 6.04. The minimum atomic E-state index is -4.55. The molecule has 2 aromatic carbocycles. The Morgan fingerprint density at radius 3 is 2.52 bits per heavy atom. The number of nitrogens with zero attached hydrogens (tertiary/aromatic N) is 1. The Labute approximate surface area is 177 Å². The number of halogens is 3. The van der Waals surface area contributed by atoms with Crippen molar-refractivity contribution in [3.63, 3.8) is 0 Å². The number of ether oxygens (including phenoxy) is 1. The number of hydrogen-bond donors (Lipinski definition) is 1. The molecule has 2 amide bonds. The number of amides is 2. The Kier molecular flexibility index (Phi) is 4.83. The Morgan fingerprint density at radius 2 is 1.87 bits per heavy atom. The summed E-state index contributed by atoms with van der Waals surface area (Å²) in [4.78, 5) is 26.3. The van der Waals surface area contributed by atoms with Gasteiger partial charge >= 0.3 is 6.18 Å². The van der Waals surface area contributed by atoms with E-state index in [0.717, 1.165) is 17.7 Å². The van der Waals surface area contributed by atoms with Gasteiger partial charge < -0.3 is 15.0 Å². The topological polar surface area (TPSA) is 58.6 Å². The zero-order chi connectivity index (χ0) is 22.6. The summed E-state index contributed by atoms with van der Waals surface area (Å²) in [5, 5.41) is 2.70. The van der Waals surface area contributed by atoms with Gasteiger partial charge in [-0.05, 0) is 43.7 Å². The van der Waals surface area contributed by atoms with Gasteiger partial charge in [-0.1, -0.05) is 18.2 Å². The summed E-state index contributed by atoms with van der Waals surface area (Å²) < 4.78 is 46.4. The third-order valence-corrected chi connectivity index (χ3v) is 5.55. The number of rotatable bonds is 3. The Balaban J connectivity index is 1.94. The highest BCUT2D eigenvalue weighted by Crippen LogP contribution is 2.46. The molecule has 0 fully saturated rings. The fourth-order valence-corrected chi connectivity index (χ4v) is 4.02. The molecule has 0 aliphatic carbocycles. The highest BCUT2D eigenvalue weighted by Gasteiger charge is 2.42. The molecule has 8 heteroatoms. The van der Waals surface area contributed by atoms with Crippen molar-refractivity contribution < 1.29 is 27.5 Å². The quantitative estimate of drug-likeness (QED) is 0.786. The lowest BCUT2D eigenvalue weighted by atomic mass is 9.88. The second-order valence-corrected chi connectivity index (χ2v) is 8.11. The van der Waals surface area contributed by atoms with Crippen molar-refractivity contribution >= 4 is 17.5 Å². The molecular weight excluding hydrogens is 409 g/mol. The van der Waals surface area contributed by atoms with Gasteiger partial charge in [0.25, 0.3) is 5.91 Å². The molecule has 2 aliphatic heterocycles. The first-order chi connectivity index (χ1) is 14.5. The van der Waals surface area contributed by atoms with E-state index in [1.165, 1.54) is 17.9 Å². The van der Waals surface area contributed by atoms with E-state index in [2.05, 4.69) is 5.32 Å². The second-order valence-electron chi connectivity index (χ2n) is 8.11. The van der Waals surface area contributed by atoms with Crippen LogP contribution in [0.1, 0.15) is 47.8 Å². The molecule has 2 heterocycles. The van der Waals surface area contributed by atoms with Crippen molar-refractivity contribution in [3.05, 3.63) is 70.3 Å². The van der Waals surface area contributed by atoms with Crippen LogP contribution in [0, 0.1) is 0 Å². The normalized spacial score (nSPS) is 17.2. The Morgan fingerprint density at radius 1 is 1.16 bits per heavy atom. The Hall–Kier alpha value is -3.29. The number of alkyl halides is 3. The molecule has 0 saturated heterocycles. The van der Waals surface area contributed by atoms with E-state index in [1.54, 1.807) is 26.0 Å². The molecule has 0 aromatic heterocycles. The predicted molar refractivity (Wildman–Crippen MR) is 108 cm³/mol. The smallest absolute Gasteiger partial charge is 0.416 e. The molecule has 0 spiro atoms. The van der Waals surface area contributed by atoms with Gasteiger partial charge in [0, 0.05) is 30.2 Å². The van der Waals surface area contributed by atoms with E-state index < -0.39 is 17.3 Å². The minimum Gasteiger partial charge on any atom is -0.483 e. The van der Waals surface area contributed by atoms with Crippen molar-refractivity contribution in [3.8, 4) is 5.75 Å². The van der Waals surface area contributed by atoms with Gasteiger partial charge in [-0.25, -0.2) is 0 Å². The van der Waals surface area contributed by atoms with Crippen LogP contribution in [0.25, 0.3) is 5.70 Å². The van der Waals surface area contributed by atoms with Crippen molar-refractivity contribution in [2.75, 3.05) is 6.54 Å². The molecule has 0 radical (unpaired) electrons. The molecule has 4 rings (SSSR count). The van der Waals surface area contributed by atoms with E-state index in [9.17, 15) is 22.8 Å². The summed E-state index contributed by atoms with van der Waals surface area (Å²) in [6, 6.07) is 10.3. The molecule has 162 valence electrons. The minimum absolute atomic E-state index is 0.0352. The molecule has 1 N–H and O–H groups in total. The monoisotopic (exact) mass is 430 g/mol. The molecule has 2 aromatic rings. The standard InChI is InChI=1S/C23H21F3N2O3/c1-13(29)27-11-18-20(28-12-14-6-4-5-7-16(14)21(28)30)17-10-15(23(24,25)26)8-9-19(17)31-22(18,2)3/h4-10H,11-12H2,1-3H3,(H,27,29). The number of carbonyl (C=O) groups is 2. The van der Waals surface area contributed by atoms with Gasteiger partial charge in [0.05, 0.1) is 17.8 Å². The van der Waals surface area contributed by atoms with Crippen molar-refractivity contribution in [1.29, 1.82) is 0 Å². The van der Waals surface area contributed by atoms with Crippen LogP contribution < -0.4 is 10.1 Å². The first-order valence-electron chi connectivity index (χ1n) is 9.77. The lowest BCUT2D eigenvalue weighted by Gasteiger charge is -2.39. The van der Waals surface area contributed by atoms with Crippen LogP contribution in [0.2, 0.25) is 0 Å². The first-order valence-corrected chi connectivity index (χ1v) is 9.77. The fraction of sp³-hybridized carbons (Fsp3) is 0.304. The molecule has 0 unspecified atom stereocenters. The summed E-state index contributed by atoms with van der Waals surface area (Å²) in [7, 11) is 0. The summed E-state index contributed by atoms with van der Waals surface area (Å²) >= 11 is 0. The zero-order valence-corrected chi connectivity index (χ0v) is 17.3. The van der Waals surface area contributed by atoms with Crippen LogP contribution in [0.5, 0.6) is 5.75 Å². The Bertz CT molecular complexity index is 1120. The lowest BCUT2D eigenvalue weighted by molar-refractivity contribution is -0.137. The summed E-state index contributed by atoms with van der Waals surface area (Å²) in [6.45, 7) is 5.13. The molecular formula is C23H21F3N2O3. The van der Waals surface area contributed by atoms with Gasteiger partial charge in [0.1, 0.15) is 11.4 Å². The lowest BCUT2D eigenvalue weighted by Crippen LogP contribution is -2.43. The highest BCUT2D eigenvalue weighted by atomic mass is 19.4. The largest absolute Gasteiger partial charge is 0.483 e. The van der Waals surface area contributed by atoms with Crippen LogP contribution in [0.3, 0.4) is 0 Å². The number of hydrogen-bond acceptors (Lipinski definition) is 3. The summed E-state index contributed by atoms with van der Waals surface area (Å²) in [6.07, 6.45) is -4.55. The van der Waals surface area contributed by atoms with Crippen molar-refractivity contribution in [1.82, 2.24) is 10.2 Å². The van der Waals surface area contributed by atoms with E-state index in [-0.39, 0.29) is 36.2 Å². The second kappa shape index (κ2) is 7.14. The average molecular weight is 430 g/mol. The zero-order valence-electron chi connectivity index (χ0n) is 17.3. The van der Waals surface area contributed by atoms with Crippen LogP contribution in [0.15, 0.2) is 48.0 Å². The first kappa shape index (κ1) is 21.0. The van der Waals surface area contributed by atoms with E-state index >= 15 is 0 Å². The predicted octanol–water partition coefficient (Wildman–Crippen LogP) is 4.38. The SMILES string of the molecule is CC(=O)NCC1=C(N2Cc3ccccc3C2=O)c2cc(C(F)(F)F)ccc2OC1(C)C. The maximum atomic E-state index is 13.5. The van der Waals surface area contributed by atoms with E-state index in [1.807, 2.05) is 12.1 Å². The number of carbonyl (C=O) groups excluding carboxylic acids is 2. The maximum Gasteiger partial charge on any atom is 0.416 e.